The minimum atomic E-state index is -0.455. The van der Waals surface area contributed by atoms with Gasteiger partial charge >= 0.3 is 5.97 Å². The Balaban J connectivity index is 2.31. The van der Waals surface area contributed by atoms with Crippen molar-refractivity contribution in [2.75, 3.05) is 12.3 Å². The number of aryl methyl sites for hydroxylation is 2. The summed E-state index contributed by atoms with van der Waals surface area (Å²) in [7, 11) is 1.71. The average Bonchev–Trinajstić information content (AvgIpc) is 2.74. The van der Waals surface area contributed by atoms with Crippen molar-refractivity contribution >= 4 is 11.7 Å². The maximum Gasteiger partial charge on any atom is 0.345 e. The van der Waals surface area contributed by atoms with Crippen molar-refractivity contribution in [1.82, 2.24) is 9.78 Å². The molecule has 106 valence electrons. The molecule has 2 N–H and O–H groups in total. The Morgan fingerprint density at radius 1 is 1.45 bits per heavy atom. The Morgan fingerprint density at radius 3 is 2.85 bits per heavy atom. The molecule has 1 heterocycles. The quantitative estimate of drug-likeness (QED) is 0.684. The van der Waals surface area contributed by atoms with Gasteiger partial charge in [0.1, 0.15) is 11.3 Å². The number of carbonyl (C=O) groups excluding carboxylic acids is 1. The highest BCUT2D eigenvalue weighted by atomic mass is 16.5. The first kappa shape index (κ1) is 13.9. The Morgan fingerprint density at radius 2 is 2.20 bits per heavy atom. The highest BCUT2D eigenvalue weighted by Gasteiger charge is 2.19. The smallest absolute Gasteiger partial charge is 0.345 e. The average molecular weight is 275 g/mol. The predicted octanol–water partition coefficient (Wildman–Crippen LogP) is 2.28. The van der Waals surface area contributed by atoms with Gasteiger partial charge in [-0.25, -0.2) is 4.79 Å². The van der Waals surface area contributed by atoms with Crippen molar-refractivity contribution in [2.24, 2.45) is 7.05 Å². The van der Waals surface area contributed by atoms with Gasteiger partial charge in [0.15, 0.2) is 0 Å². The molecule has 0 fully saturated rings. The number of aromatic nitrogens is 2. The van der Waals surface area contributed by atoms with Crippen molar-refractivity contribution in [1.29, 1.82) is 0 Å². The van der Waals surface area contributed by atoms with Gasteiger partial charge in [0.25, 0.3) is 5.88 Å². The van der Waals surface area contributed by atoms with Gasteiger partial charge in [0, 0.05) is 18.9 Å². The standard InChI is InChI=1S/C14H17N3O3/c1-4-19-14(18)11-8-17(3)16-13(11)20-12-6-5-10(15)7-9(12)2/h5-8H,4,15H2,1-3H3. The van der Waals surface area contributed by atoms with E-state index in [1.165, 1.54) is 4.68 Å². The second-order valence-corrected chi connectivity index (χ2v) is 4.37. The third kappa shape index (κ3) is 2.90. The summed E-state index contributed by atoms with van der Waals surface area (Å²) in [5, 5.41) is 4.14. The molecule has 0 amide bonds. The topological polar surface area (TPSA) is 79.4 Å². The fourth-order valence-electron chi connectivity index (χ4n) is 1.78. The lowest BCUT2D eigenvalue weighted by atomic mass is 10.2. The van der Waals surface area contributed by atoms with E-state index in [1.54, 1.807) is 38.4 Å². The second kappa shape index (κ2) is 5.64. The van der Waals surface area contributed by atoms with E-state index in [-0.39, 0.29) is 5.88 Å². The van der Waals surface area contributed by atoms with Crippen molar-refractivity contribution in [3.8, 4) is 11.6 Å². The van der Waals surface area contributed by atoms with E-state index in [4.69, 9.17) is 15.2 Å². The van der Waals surface area contributed by atoms with Gasteiger partial charge < -0.3 is 15.2 Å². The van der Waals surface area contributed by atoms with Crippen LogP contribution in [-0.4, -0.2) is 22.4 Å². The predicted molar refractivity (Wildman–Crippen MR) is 74.8 cm³/mol. The van der Waals surface area contributed by atoms with Crippen LogP contribution in [0, 0.1) is 6.92 Å². The highest BCUT2D eigenvalue weighted by molar-refractivity contribution is 5.91. The summed E-state index contributed by atoms with van der Waals surface area (Å²) < 4.78 is 12.2. The van der Waals surface area contributed by atoms with Gasteiger partial charge in [0.2, 0.25) is 0 Å². The molecular formula is C14H17N3O3. The van der Waals surface area contributed by atoms with Crippen LogP contribution in [0.5, 0.6) is 11.6 Å². The molecule has 0 aliphatic rings. The molecule has 0 radical (unpaired) electrons. The lowest BCUT2D eigenvalue weighted by Gasteiger charge is -2.08. The first-order chi connectivity index (χ1) is 9.51. The van der Waals surface area contributed by atoms with Gasteiger partial charge in [-0.3, -0.25) is 4.68 Å². The number of anilines is 1. The van der Waals surface area contributed by atoms with E-state index in [9.17, 15) is 4.79 Å². The first-order valence-electron chi connectivity index (χ1n) is 6.26. The summed E-state index contributed by atoms with van der Waals surface area (Å²) in [5.41, 5.74) is 7.51. The molecule has 0 atom stereocenters. The first-order valence-corrected chi connectivity index (χ1v) is 6.26. The van der Waals surface area contributed by atoms with E-state index in [2.05, 4.69) is 5.10 Å². The summed E-state index contributed by atoms with van der Waals surface area (Å²) >= 11 is 0. The molecule has 0 saturated carbocycles. The zero-order chi connectivity index (χ0) is 14.7. The molecule has 20 heavy (non-hydrogen) atoms. The lowest BCUT2D eigenvalue weighted by Crippen LogP contribution is -2.05. The SMILES string of the molecule is CCOC(=O)c1cn(C)nc1Oc1ccc(N)cc1C. The molecule has 0 aliphatic carbocycles. The fraction of sp³-hybridized carbons (Fsp3) is 0.286. The van der Waals surface area contributed by atoms with Crippen LogP contribution in [0.4, 0.5) is 5.69 Å². The molecule has 2 rings (SSSR count). The summed E-state index contributed by atoms with van der Waals surface area (Å²) in [4.78, 5) is 11.8. The molecule has 1 aromatic heterocycles. The van der Waals surface area contributed by atoms with Crippen molar-refractivity contribution < 1.29 is 14.3 Å². The van der Waals surface area contributed by atoms with Gasteiger partial charge in [-0.1, -0.05) is 0 Å². The molecule has 0 saturated heterocycles. The number of rotatable bonds is 4. The fourth-order valence-corrected chi connectivity index (χ4v) is 1.78. The molecule has 6 heteroatoms. The molecule has 0 spiro atoms. The van der Waals surface area contributed by atoms with Crippen molar-refractivity contribution in [2.45, 2.75) is 13.8 Å². The third-order valence-electron chi connectivity index (χ3n) is 2.70. The zero-order valence-electron chi connectivity index (χ0n) is 11.7. The summed E-state index contributed by atoms with van der Waals surface area (Å²) in [6.45, 7) is 3.92. The van der Waals surface area contributed by atoms with Crippen LogP contribution in [0.1, 0.15) is 22.8 Å². The number of ether oxygens (including phenoxy) is 2. The number of nitrogens with two attached hydrogens (primary N) is 1. The van der Waals surface area contributed by atoms with Gasteiger partial charge in [-0.05, 0) is 37.6 Å². The summed E-state index contributed by atoms with van der Waals surface area (Å²) in [6, 6.07) is 5.27. The molecule has 0 aliphatic heterocycles. The largest absolute Gasteiger partial charge is 0.462 e. The number of nitrogen functional groups attached to an aromatic ring is 1. The zero-order valence-corrected chi connectivity index (χ0v) is 11.7. The normalized spacial score (nSPS) is 10.3. The van der Waals surface area contributed by atoms with E-state index in [1.807, 2.05) is 6.92 Å². The van der Waals surface area contributed by atoms with Gasteiger partial charge in [-0.2, -0.15) is 0 Å². The number of carbonyl (C=O) groups is 1. The number of hydrogen-bond donors (Lipinski definition) is 1. The highest BCUT2D eigenvalue weighted by Crippen LogP contribution is 2.28. The van der Waals surface area contributed by atoms with Crippen LogP contribution in [0.15, 0.2) is 24.4 Å². The van der Waals surface area contributed by atoms with Crippen molar-refractivity contribution in [3.05, 3.63) is 35.5 Å². The molecule has 2 aromatic rings. The van der Waals surface area contributed by atoms with E-state index >= 15 is 0 Å². The minimum Gasteiger partial charge on any atom is -0.462 e. The van der Waals surface area contributed by atoms with E-state index in [0.717, 1.165) is 5.56 Å². The van der Waals surface area contributed by atoms with Crippen LogP contribution in [0.2, 0.25) is 0 Å². The molecule has 1 aromatic carbocycles. The molecule has 0 bridgehead atoms. The number of benzene rings is 1. The van der Waals surface area contributed by atoms with Crippen LogP contribution in [0.3, 0.4) is 0 Å². The van der Waals surface area contributed by atoms with Crippen LogP contribution in [0.25, 0.3) is 0 Å². The molecule has 0 unspecified atom stereocenters. The molecular weight excluding hydrogens is 258 g/mol. The van der Waals surface area contributed by atoms with E-state index in [0.29, 0.717) is 23.6 Å². The van der Waals surface area contributed by atoms with Crippen LogP contribution in [-0.2, 0) is 11.8 Å². The number of esters is 1. The van der Waals surface area contributed by atoms with Crippen LogP contribution >= 0.6 is 0 Å². The Kier molecular flexibility index (Phi) is 3.93. The summed E-state index contributed by atoms with van der Waals surface area (Å²) in [6.07, 6.45) is 1.57. The third-order valence-corrected chi connectivity index (χ3v) is 2.70. The van der Waals surface area contributed by atoms with E-state index < -0.39 is 5.97 Å². The molecule has 6 nitrogen and oxygen atoms in total. The van der Waals surface area contributed by atoms with Crippen LogP contribution < -0.4 is 10.5 Å². The Hall–Kier alpha value is -2.50. The lowest BCUT2D eigenvalue weighted by molar-refractivity contribution is 0.0523. The van der Waals surface area contributed by atoms with Gasteiger partial charge in [0.05, 0.1) is 6.61 Å². The van der Waals surface area contributed by atoms with Gasteiger partial charge in [-0.15, -0.1) is 5.10 Å². The maximum absolute atomic E-state index is 11.8. The second-order valence-electron chi connectivity index (χ2n) is 4.37. The Labute approximate surface area is 117 Å². The summed E-state index contributed by atoms with van der Waals surface area (Å²) in [5.74, 6) is 0.367. The minimum absolute atomic E-state index is 0.221. The number of nitrogens with zero attached hydrogens (tertiary/aromatic N) is 2. The Bertz CT molecular complexity index is 635. The van der Waals surface area contributed by atoms with Crippen molar-refractivity contribution in [3.63, 3.8) is 0 Å². The monoisotopic (exact) mass is 275 g/mol. The maximum atomic E-state index is 11.8. The number of hydrogen-bond acceptors (Lipinski definition) is 5.